The molecule has 0 spiro atoms. The number of hydrogen-bond donors (Lipinski definition) is 4. The van der Waals surface area contributed by atoms with Gasteiger partial charge in [0.05, 0.1) is 24.2 Å². The van der Waals surface area contributed by atoms with Crippen molar-refractivity contribution in [3.05, 3.63) is 0 Å². The molecular formula is C13H21NO6. The zero-order chi connectivity index (χ0) is 15.2. The predicted octanol–water partition coefficient (Wildman–Crippen LogP) is -0.0480. The van der Waals surface area contributed by atoms with E-state index in [0.717, 1.165) is 0 Å². The van der Waals surface area contributed by atoms with E-state index in [1.807, 2.05) is 0 Å². The molecule has 2 aliphatic carbocycles. The number of fused-ring (bicyclic) bond motifs is 2. The molecule has 2 fully saturated rings. The Morgan fingerprint density at radius 1 is 1.15 bits per heavy atom. The summed E-state index contributed by atoms with van der Waals surface area (Å²) in [6.45, 7) is 5.13. The molecule has 20 heavy (non-hydrogen) atoms. The Morgan fingerprint density at radius 3 is 2.20 bits per heavy atom. The van der Waals surface area contributed by atoms with E-state index >= 15 is 0 Å². The van der Waals surface area contributed by atoms with Gasteiger partial charge in [-0.05, 0) is 27.2 Å². The van der Waals surface area contributed by atoms with E-state index in [4.69, 9.17) is 4.74 Å². The smallest absolute Gasteiger partial charge is 0.407 e. The highest BCUT2D eigenvalue weighted by Crippen LogP contribution is 2.48. The number of nitrogens with one attached hydrogen (secondary N) is 1. The highest BCUT2D eigenvalue weighted by molar-refractivity contribution is 5.75. The normalized spacial score (nSPS) is 39.6. The summed E-state index contributed by atoms with van der Waals surface area (Å²) >= 11 is 0. The van der Waals surface area contributed by atoms with Gasteiger partial charge in [0.15, 0.2) is 0 Å². The second-order valence-corrected chi connectivity index (χ2v) is 6.58. The van der Waals surface area contributed by atoms with E-state index in [0.29, 0.717) is 6.42 Å². The first-order valence-corrected chi connectivity index (χ1v) is 6.70. The Labute approximate surface area is 116 Å². The SMILES string of the molecule is CC(C)(C)OC(=O)N[C@@H]1[C@@H]2C[C@@H]([C@@H](O)[C@H]2O)[C@@H]1C(=O)O. The molecule has 0 heterocycles. The lowest BCUT2D eigenvalue weighted by atomic mass is 9.81. The third-order valence-corrected chi connectivity index (χ3v) is 4.05. The average molecular weight is 287 g/mol. The van der Waals surface area contributed by atoms with Gasteiger partial charge < -0.3 is 25.4 Å². The summed E-state index contributed by atoms with van der Waals surface area (Å²) in [5.41, 5.74) is -0.682. The van der Waals surface area contributed by atoms with Gasteiger partial charge in [0.2, 0.25) is 0 Å². The summed E-state index contributed by atoms with van der Waals surface area (Å²) in [6, 6.07) is -0.717. The Balaban J connectivity index is 2.10. The van der Waals surface area contributed by atoms with Crippen molar-refractivity contribution in [2.45, 2.75) is 51.0 Å². The number of carbonyl (C=O) groups excluding carboxylic acids is 1. The topological polar surface area (TPSA) is 116 Å². The molecule has 2 bridgehead atoms. The summed E-state index contributed by atoms with van der Waals surface area (Å²) < 4.78 is 5.11. The molecule has 2 aliphatic rings. The minimum Gasteiger partial charge on any atom is -0.481 e. The zero-order valence-corrected chi connectivity index (χ0v) is 11.7. The van der Waals surface area contributed by atoms with Gasteiger partial charge in [0.25, 0.3) is 0 Å². The molecule has 2 saturated carbocycles. The van der Waals surface area contributed by atoms with Gasteiger partial charge in [-0.15, -0.1) is 0 Å². The van der Waals surface area contributed by atoms with E-state index in [2.05, 4.69) is 5.32 Å². The number of amides is 1. The van der Waals surface area contributed by atoms with Crippen LogP contribution in [0, 0.1) is 17.8 Å². The molecule has 0 aromatic heterocycles. The molecule has 0 aromatic carbocycles. The Kier molecular flexibility index (Phi) is 3.68. The maximum absolute atomic E-state index is 11.8. The second-order valence-electron chi connectivity index (χ2n) is 6.58. The van der Waals surface area contributed by atoms with E-state index in [1.54, 1.807) is 20.8 Å². The number of ether oxygens (including phenoxy) is 1. The van der Waals surface area contributed by atoms with Crippen LogP contribution in [0.5, 0.6) is 0 Å². The van der Waals surface area contributed by atoms with Crippen molar-refractivity contribution in [3.8, 4) is 0 Å². The van der Waals surface area contributed by atoms with Gasteiger partial charge in [-0.1, -0.05) is 0 Å². The maximum Gasteiger partial charge on any atom is 0.407 e. The van der Waals surface area contributed by atoms with Crippen LogP contribution in [0.4, 0.5) is 4.79 Å². The number of carbonyl (C=O) groups is 2. The summed E-state index contributed by atoms with van der Waals surface area (Å²) in [5, 5.41) is 31.5. The summed E-state index contributed by atoms with van der Waals surface area (Å²) in [5.74, 6) is -2.97. The van der Waals surface area contributed by atoms with Crippen molar-refractivity contribution in [3.63, 3.8) is 0 Å². The van der Waals surface area contributed by atoms with Crippen LogP contribution in [-0.4, -0.2) is 51.2 Å². The van der Waals surface area contributed by atoms with Gasteiger partial charge in [-0.25, -0.2) is 4.79 Å². The molecule has 0 aliphatic heterocycles. The number of carboxylic acid groups (broad SMARTS) is 1. The van der Waals surface area contributed by atoms with Crippen LogP contribution < -0.4 is 5.32 Å². The number of alkyl carbamates (subject to hydrolysis) is 1. The van der Waals surface area contributed by atoms with E-state index < -0.39 is 53.7 Å². The van der Waals surface area contributed by atoms with Gasteiger partial charge in [0.1, 0.15) is 5.60 Å². The molecule has 0 saturated heterocycles. The fourth-order valence-electron chi connectivity index (χ4n) is 3.33. The lowest BCUT2D eigenvalue weighted by Gasteiger charge is -2.35. The minimum absolute atomic E-state index is 0.389. The molecule has 0 aromatic rings. The van der Waals surface area contributed by atoms with Crippen LogP contribution in [0.3, 0.4) is 0 Å². The summed E-state index contributed by atoms with van der Waals surface area (Å²) in [6.07, 6.45) is -2.36. The van der Waals surface area contributed by atoms with Crippen LogP contribution >= 0.6 is 0 Å². The van der Waals surface area contributed by atoms with Crippen molar-refractivity contribution in [1.82, 2.24) is 5.32 Å². The lowest BCUT2D eigenvalue weighted by Crippen LogP contribution is -2.55. The van der Waals surface area contributed by atoms with Gasteiger partial charge in [-0.2, -0.15) is 0 Å². The van der Waals surface area contributed by atoms with E-state index in [-0.39, 0.29) is 0 Å². The molecule has 1 amide bonds. The predicted molar refractivity (Wildman–Crippen MR) is 67.9 cm³/mol. The Morgan fingerprint density at radius 2 is 1.70 bits per heavy atom. The highest BCUT2D eigenvalue weighted by Gasteiger charge is 2.60. The second kappa shape index (κ2) is 4.89. The van der Waals surface area contributed by atoms with Crippen molar-refractivity contribution in [2.24, 2.45) is 17.8 Å². The van der Waals surface area contributed by atoms with Crippen molar-refractivity contribution >= 4 is 12.1 Å². The summed E-state index contributed by atoms with van der Waals surface area (Å²) in [7, 11) is 0. The third-order valence-electron chi connectivity index (χ3n) is 4.05. The Bertz CT molecular complexity index is 418. The van der Waals surface area contributed by atoms with Gasteiger partial charge in [0, 0.05) is 11.8 Å². The van der Waals surface area contributed by atoms with Crippen molar-refractivity contribution < 1.29 is 29.6 Å². The molecule has 2 rings (SSSR count). The first kappa shape index (κ1) is 15.1. The number of carboxylic acids is 1. The fraction of sp³-hybridized carbons (Fsp3) is 0.846. The number of aliphatic hydroxyl groups excluding tert-OH is 2. The van der Waals surface area contributed by atoms with Crippen molar-refractivity contribution in [1.29, 1.82) is 0 Å². The van der Waals surface area contributed by atoms with E-state index in [9.17, 15) is 24.9 Å². The molecule has 0 radical (unpaired) electrons. The van der Waals surface area contributed by atoms with Crippen molar-refractivity contribution in [2.75, 3.05) is 0 Å². The molecule has 114 valence electrons. The molecule has 0 unspecified atom stereocenters. The van der Waals surface area contributed by atoms with Crippen LogP contribution in [0.25, 0.3) is 0 Å². The number of hydrogen-bond acceptors (Lipinski definition) is 5. The number of aliphatic carboxylic acids is 1. The molecule has 4 N–H and O–H groups in total. The number of rotatable bonds is 2. The first-order chi connectivity index (χ1) is 9.11. The molecular weight excluding hydrogens is 266 g/mol. The third kappa shape index (κ3) is 2.60. The van der Waals surface area contributed by atoms with Crippen LogP contribution in [0.2, 0.25) is 0 Å². The maximum atomic E-state index is 11.8. The standard InChI is InChI=1S/C13H21NO6/c1-13(2,3)20-12(19)14-8-6-4-5(7(8)11(17)18)9(15)10(6)16/h5-10,15-16H,4H2,1-3H3,(H,14,19)(H,17,18)/t5-,6+,7+,8-,9-,10+/m1/s1. The van der Waals surface area contributed by atoms with E-state index in [1.165, 1.54) is 0 Å². The molecule has 6 atom stereocenters. The molecule has 7 heteroatoms. The van der Waals surface area contributed by atoms with Gasteiger partial charge in [-0.3, -0.25) is 4.79 Å². The minimum atomic E-state index is -1.08. The summed E-state index contributed by atoms with van der Waals surface area (Å²) in [4.78, 5) is 23.1. The van der Waals surface area contributed by atoms with Crippen LogP contribution in [-0.2, 0) is 9.53 Å². The lowest BCUT2D eigenvalue weighted by molar-refractivity contribution is -0.149. The highest BCUT2D eigenvalue weighted by atomic mass is 16.6. The average Bonchev–Trinajstić information content (AvgIpc) is 2.74. The fourth-order valence-corrected chi connectivity index (χ4v) is 3.33. The molecule has 7 nitrogen and oxygen atoms in total. The number of aliphatic hydroxyl groups is 2. The quantitative estimate of drug-likeness (QED) is 0.566. The largest absolute Gasteiger partial charge is 0.481 e. The van der Waals surface area contributed by atoms with Crippen LogP contribution in [0.1, 0.15) is 27.2 Å². The van der Waals surface area contributed by atoms with Crippen LogP contribution in [0.15, 0.2) is 0 Å². The zero-order valence-electron chi connectivity index (χ0n) is 11.7. The first-order valence-electron chi connectivity index (χ1n) is 6.70. The monoisotopic (exact) mass is 287 g/mol. The van der Waals surface area contributed by atoms with Gasteiger partial charge >= 0.3 is 12.1 Å². The Hall–Kier alpha value is -1.34.